The normalized spacial score (nSPS) is 27.3. The predicted octanol–water partition coefficient (Wildman–Crippen LogP) is 0.657. The van der Waals surface area contributed by atoms with Crippen LogP contribution in [-0.2, 0) is 0 Å². The van der Waals surface area contributed by atoms with Crippen molar-refractivity contribution in [1.29, 1.82) is 5.26 Å². The van der Waals surface area contributed by atoms with Gasteiger partial charge >= 0.3 is 0 Å². The Bertz CT molecular complexity index is 282. The van der Waals surface area contributed by atoms with Crippen molar-refractivity contribution in [2.24, 2.45) is 0 Å². The average molecular weight is 236 g/mol. The van der Waals surface area contributed by atoms with E-state index in [-0.39, 0.29) is 6.04 Å². The van der Waals surface area contributed by atoms with Crippen LogP contribution < -0.4 is 5.32 Å². The average Bonchev–Trinajstić information content (AvgIpc) is 3.03. The Morgan fingerprint density at radius 1 is 1.47 bits per heavy atom. The smallest absolute Gasteiger partial charge is 0.108 e. The maximum Gasteiger partial charge on any atom is 0.108 e. The highest BCUT2D eigenvalue weighted by Gasteiger charge is 2.26. The molecule has 4 heteroatoms. The van der Waals surface area contributed by atoms with Crippen molar-refractivity contribution in [3.8, 4) is 6.07 Å². The third-order valence-corrected chi connectivity index (χ3v) is 3.86. The maximum atomic E-state index is 9.11. The second-order valence-electron chi connectivity index (χ2n) is 5.62. The Hall–Kier alpha value is -0.630. The highest BCUT2D eigenvalue weighted by Crippen LogP contribution is 2.19. The summed E-state index contributed by atoms with van der Waals surface area (Å²) < 4.78 is 0. The van der Waals surface area contributed by atoms with Gasteiger partial charge in [-0.25, -0.2) is 0 Å². The molecule has 1 heterocycles. The molecule has 0 spiro atoms. The summed E-state index contributed by atoms with van der Waals surface area (Å²) in [6.07, 6.45) is 5.10. The molecule has 1 aliphatic heterocycles. The van der Waals surface area contributed by atoms with Crippen LogP contribution in [0.4, 0.5) is 0 Å². The Morgan fingerprint density at radius 2 is 2.24 bits per heavy atom. The third-order valence-electron chi connectivity index (χ3n) is 3.86. The summed E-state index contributed by atoms with van der Waals surface area (Å²) in [6, 6.07) is 3.67. The van der Waals surface area contributed by atoms with Crippen molar-refractivity contribution in [1.82, 2.24) is 15.1 Å². The summed E-state index contributed by atoms with van der Waals surface area (Å²) in [4.78, 5) is 4.74. The second-order valence-corrected chi connectivity index (χ2v) is 5.62. The number of hydrogen-bond acceptors (Lipinski definition) is 4. The lowest BCUT2D eigenvalue weighted by atomic mass is 10.2. The van der Waals surface area contributed by atoms with Gasteiger partial charge in [0, 0.05) is 25.2 Å². The van der Waals surface area contributed by atoms with Gasteiger partial charge in [-0.1, -0.05) is 0 Å². The summed E-state index contributed by atoms with van der Waals surface area (Å²) in [5, 5.41) is 12.5. The fourth-order valence-corrected chi connectivity index (χ4v) is 2.62. The standard InChI is InChI=1S/C13H24N4/c1-16(10-13-4-3-7-17(13)2)9-12(8-14)15-11-5-6-11/h11-13,15H,3-7,9-10H2,1-2H3. The second kappa shape index (κ2) is 5.81. The van der Waals surface area contributed by atoms with E-state index in [4.69, 9.17) is 5.26 Å². The topological polar surface area (TPSA) is 42.3 Å². The van der Waals surface area contributed by atoms with Crippen molar-refractivity contribution in [2.45, 2.75) is 43.8 Å². The lowest BCUT2D eigenvalue weighted by Crippen LogP contribution is -2.44. The van der Waals surface area contributed by atoms with Crippen LogP contribution in [0, 0.1) is 11.3 Å². The van der Waals surface area contributed by atoms with Gasteiger partial charge in [0.2, 0.25) is 0 Å². The first-order valence-electron chi connectivity index (χ1n) is 6.73. The molecular formula is C13H24N4. The van der Waals surface area contributed by atoms with Crippen LogP contribution in [0.5, 0.6) is 0 Å². The van der Waals surface area contributed by atoms with Crippen LogP contribution in [0.15, 0.2) is 0 Å². The quantitative estimate of drug-likeness (QED) is 0.735. The van der Waals surface area contributed by atoms with Crippen molar-refractivity contribution in [3.05, 3.63) is 0 Å². The summed E-state index contributed by atoms with van der Waals surface area (Å²) in [5.74, 6) is 0. The van der Waals surface area contributed by atoms with Crippen molar-refractivity contribution in [3.63, 3.8) is 0 Å². The van der Waals surface area contributed by atoms with Crippen LogP contribution >= 0.6 is 0 Å². The van der Waals surface area contributed by atoms with E-state index >= 15 is 0 Å². The molecule has 0 radical (unpaired) electrons. The zero-order valence-electron chi connectivity index (χ0n) is 11.0. The van der Waals surface area contributed by atoms with Crippen LogP contribution in [0.3, 0.4) is 0 Å². The van der Waals surface area contributed by atoms with Gasteiger partial charge in [0.15, 0.2) is 0 Å². The SMILES string of the molecule is CN(CC(C#N)NC1CC1)CC1CCCN1C. The first kappa shape index (κ1) is 12.8. The zero-order valence-corrected chi connectivity index (χ0v) is 11.0. The predicted molar refractivity (Wildman–Crippen MR) is 68.7 cm³/mol. The molecule has 0 amide bonds. The Morgan fingerprint density at radius 3 is 2.76 bits per heavy atom. The molecule has 17 heavy (non-hydrogen) atoms. The van der Waals surface area contributed by atoms with Gasteiger partial charge in [0.25, 0.3) is 0 Å². The summed E-state index contributed by atoms with van der Waals surface area (Å²) in [6.45, 7) is 3.15. The van der Waals surface area contributed by atoms with E-state index in [0.717, 1.165) is 13.1 Å². The van der Waals surface area contributed by atoms with Gasteiger partial charge in [-0.2, -0.15) is 5.26 Å². The molecular weight excluding hydrogens is 212 g/mol. The van der Waals surface area contributed by atoms with Crippen LogP contribution in [-0.4, -0.2) is 61.7 Å². The molecule has 0 bridgehead atoms. The van der Waals surface area contributed by atoms with E-state index in [2.05, 4.69) is 35.3 Å². The van der Waals surface area contributed by atoms with E-state index in [1.54, 1.807) is 0 Å². The van der Waals surface area contributed by atoms with Gasteiger partial charge < -0.3 is 9.80 Å². The van der Waals surface area contributed by atoms with Crippen LogP contribution in [0.25, 0.3) is 0 Å². The van der Waals surface area contributed by atoms with E-state index in [1.165, 1.54) is 32.2 Å². The molecule has 2 unspecified atom stereocenters. The lowest BCUT2D eigenvalue weighted by Gasteiger charge is -2.27. The van der Waals surface area contributed by atoms with Crippen molar-refractivity contribution in [2.75, 3.05) is 33.7 Å². The van der Waals surface area contributed by atoms with Gasteiger partial charge in [0.05, 0.1) is 6.07 Å². The molecule has 1 saturated heterocycles. The maximum absolute atomic E-state index is 9.11. The van der Waals surface area contributed by atoms with Crippen molar-refractivity contribution >= 4 is 0 Å². The minimum atomic E-state index is -0.000732. The molecule has 1 N–H and O–H groups in total. The first-order chi connectivity index (χ1) is 8.19. The zero-order chi connectivity index (χ0) is 12.3. The molecule has 1 saturated carbocycles. The largest absolute Gasteiger partial charge is 0.302 e. The third kappa shape index (κ3) is 3.95. The molecule has 0 aromatic carbocycles. The van der Waals surface area contributed by atoms with E-state index in [0.29, 0.717) is 12.1 Å². The van der Waals surface area contributed by atoms with E-state index < -0.39 is 0 Å². The van der Waals surface area contributed by atoms with Gasteiger partial charge in [0.1, 0.15) is 6.04 Å². The van der Waals surface area contributed by atoms with E-state index in [9.17, 15) is 0 Å². The molecule has 1 aliphatic carbocycles. The molecule has 4 nitrogen and oxygen atoms in total. The number of hydrogen-bond donors (Lipinski definition) is 1. The summed E-state index contributed by atoms with van der Waals surface area (Å²) >= 11 is 0. The monoisotopic (exact) mass is 236 g/mol. The van der Waals surface area contributed by atoms with Gasteiger partial charge in [-0.3, -0.25) is 5.32 Å². The fraction of sp³-hybridized carbons (Fsp3) is 0.923. The van der Waals surface area contributed by atoms with Crippen LogP contribution in [0.1, 0.15) is 25.7 Å². The number of likely N-dealkylation sites (tertiary alicyclic amines) is 1. The molecule has 2 fully saturated rings. The molecule has 2 aliphatic rings. The number of likely N-dealkylation sites (N-methyl/N-ethyl adjacent to an activating group) is 2. The Balaban J connectivity index is 1.71. The Kier molecular flexibility index (Phi) is 4.38. The lowest BCUT2D eigenvalue weighted by molar-refractivity contribution is 0.213. The molecule has 2 rings (SSSR count). The molecule has 96 valence electrons. The first-order valence-corrected chi connectivity index (χ1v) is 6.73. The molecule has 0 aromatic heterocycles. The van der Waals surface area contributed by atoms with Gasteiger partial charge in [-0.15, -0.1) is 0 Å². The summed E-state index contributed by atoms with van der Waals surface area (Å²) in [7, 11) is 4.33. The molecule has 0 aromatic rings. The van der Waals surface area contributed by atoms with E-state index in [1.807, 2.05) is 0 Å². The Labute approximate surface area is 105 Å². The highest BCUT2D eigenvalue weighted by atomic mass is 15.2. The number of nitriles is 1. The minimum Gasteiger partial charge on any atom is -0.302 e. The highest BCUT2D eigenvalue weighted by molar-refractivity contribution is 4.97. The number of nitrogens with zero attached hydrogens (tertiary/aromatic N) is 3. The number of rotatable bonds is 6. The number of nitrogens with one attached hydrogen (secondary N) is 1. The van der Waals surface area contributed by atoms with Crippen LogP contribution in [0.2, 0.25) is 0 Å². The molecule has 2 atom stereocenters. The minimum absolute atomic E-state index is 0.000732. The van der Waals surface area contributed by atoms with Gasteiger partial charge in [-0.05, 0) is 46.3 Å². The summed E-state index contributed by atoms with van der Waals surface area (Å²) in [5.41, 5.74) is 0. The van der Waals surface area contributed by atoms with Crippen molar-refractivity contribution < 1.29 is 0 Å². The fourth-order valence-electron chi connectivity index (χ4n) is 2.62.